The zero-order chi connectivity index (χ0) is 13.3. The van der Waals surface area contributed by atoms with Crippen LogP contribution in [0.5, 0.6) is 0 Å². The molecule has 2 N–H and O–H groups in total. The summed E-state index contributed by atoms with van der Waals surface area (Å²) in [5, 5.41) is 1.07. The fourth-order valence-electron chi connectivity index (χ4n) is 2.41. The van der Waals surface area contributed by atoms with Crippen molar-refractivity contribution in [3.05, 3.63) is 10.9 Å². The van der Waals surface area contributed by atoms with Gasteiger partial charge < -0.3 is 15.4 Å². The lowest BCUT2D eigenvalue weighted by Crippen LogP contribution is -2.39. The number of anilines is 2. The van der Waals surface area contributed by atoms with E-state index in [4.69, 9.17) is 10.5 Å². The molecule has 1 aliphatic heterocycles. The van der Waals surface area contributed by atoms with Gasteiger partial charge >= 0.3 is 5.97 Å². The Morgan fingerprint density at radius 1 is 1.56 bits per heavy atom. The summed E-state index contributed by atoms with van der Waals surface area (Å²) in [5.41, 5.74) is 6.72. The molecule has 5 heteroatoms. The van der Waals surface area contributed by atoms with Crippen molar-refractivity contribution in [3.8, 4) is 0 Å². The molecule has 18 heavy (non-hydrogen) atoms. The van der Waals surface area contributed by atoms with E-state index in [0.29, 0.717) is 16.0 Å². The van der Waals surface area contributed by atoms with E-state index in [0.717, 1.165) is 18.1 Å². The number of nitrogens with two attached hydrogens (primary N) is 1. The van der Waals surface area contributed by atoms with Gasteiger partial charge in [0, 0.05) is 13.1 Å². The molecule has 1 saturated heterocycles. The van der Waals surface area contributed by atoms with Crippen LogP contribution in [0.25, 0.3) is 0 Å². The molecule has 0 aromatic carbocycles. The lowest BCUT2D eigenvalue weighted by atomic mass is 9.84. The Kier molecular flexibility index (Phi) is 3.52. The first-order chi connectivity index (χ1) is 8.43. The maximum absolute atomic E-state index is 11.5. The molecule has 2 rings (SSSR count). The molecule has 1 aromatic rings. The fourth-order valence-corrected chi connectivity index (χ4v) is 3.43. The molecule has 1 aliphatic rings. The van der Waals surface area contributed by atoms with E-state index in [-0.39, 0.29) is 5.97 Å². The van der Waals surface area contributed by atoms with Crippen LogP contribution in [0.15, 0.2) is 6.07 Å². The van der Waals surface area contributed by atoms with Crippen LogP contribution in [0, 0.1) is 5.41 Å². The van der Waals surface area contributed by atoms with Crippen LogP contribution < -0.4 is 10.6 Å². The van der Waals surface area contributed by atoms with Gasteiger partial charge in [0.2, 0.25) is 0 Å². The number of esters is 1. The Labute approximate surface area is 112 Å². The first kappa shape index (κ1) is 13.2. The van der Waals surface area contributed by atoms with Crippen molar-refractivity contribution in [3.63, 3.8) is 0 Å². The fraction of sp³-hybridized carbons (Fsp3) is 0.615. The predicted octanol–water partition coefficient (Wildman–Crippen LogP) is 2.74. The monoisotopic (exact) mass is 268 g/mol. The number of thiophene rings is 1. The average Bonchev–Trinajstić information content (AvgIpc) is 2.69. The number of methoxy groups -OCH3 is 1. The van der Waals surface area contributed by atoms with Crippen LogP contribution in [0.4, 0.5) is 10.7 Å². The van der Waals surface area contributed by atoms with E-state index in [9.17, 15) is 4.79 Å². The second-order valence-corrected chi connectivity index (χ2v) is 6.58. The molecule has 0 aliphatic carbocycles. The summed E-state index contributed by atoms with van der Waals surface area (Å²) in [6, 6.07) is 1.89. The molecule has 0 unspecified atom stereocenters. The number of hydrogen-bond acceptors (Lipinski definition) is 5. The van der Waals surface area contributed by atoms with Crippen LogP contribution in [-0.2, 0) is 4.74 Å². The van der Waals surface area contributed by atoms with Crippen molar-refractivity contribution in [2.45, 2.75) is 26.7 Å². The van der Waals surface area contributed by atoms with E-state index in [1.807, 2.05) is 6.07 Å². The SMILES string of the molecule is COC(=O)c1sc(N2CCCC(C)(C)C2)cc1N. The van der Waals surface area contributed by atoms with E-state index in [1.165, 1.54) is 31.3 Å². The van der Waals surface area contributed by atoms with Crippen LogP contribution >= 0.6 is 11.3 Å². The van der Waals surface area contributed by atoms with Gasteiger partial charge in [-0.25, -0.2) is 4.79 Å². The van der Waals surface area contributed by atoms with Gasteiger partial charge in [0.05, 0.1) is 17.8 Å². The molecular weight excluding hydrogens is 248 g/mol. The van der Waals surface area contributed by atoms with Crippen LogP contribution in [0.2, 0.25) is 0 Å². The van der Waals surface area contributed by atoms with E-state index >= 15 is 0 Å². The van der Waals surface area contributed by atoms with Crippen LogP contribution in [0.1, 0.15) is 36.4 Å². The Balaban J connectivity index is 2.21. The third kappa shape index (κ3) is 2.61. The number of rotatable bonds is 2. The number of nitrogens with zero attached hydrogens (tertiary/aromatic N) is 1. The Morgan fingerprint density at radius 2 is 2.28 bits per heavy atom. The highest BCUT2D eigenvalue weighted by atomic mass is 32.1. The van der Waals surface area contributed by atoms with Gasteiger partial charge in [0.15, 0.2) is 0 Å². The number of piperidine rings is 1. The van der Waals surface area contributed by atoms with Crippen molar-refractivity contribution in [2.24, 2.45) is 5.41 Å². The summed E-state index contributed by atoms with van der Waals surface area (Å²) in [5.74, 6) is -0.347. The largest absolute Gasteiger partial charge is 0.465 e. The molecule has 100 valence electrons. The molecule has 0 atom stereocenters. The molecule has 0 saturated carbocycles. The van der Waals surface area contributed by atoms with E-state index < -0.39 is 0 Å². The average molecular weight is 268 g/mol. The van der Waals surface area contributed by atoms with Crippen molar-refractivity contribution in [2.75, 3.05) is 30.8 Å². The predicted molar refractivity (Wildman–Crippen MR) is 75.3 cm³/mol. The number of carbonyl (C=O) groups excluding carboxylic acids is 1. The molecule has 0 spiro atoms. The van der Waals surface area contributed by atoms with Gasteiger partial charge in [-0.1, -0.05) is 13.8 Å². The summed E-state index contributed by atoms with van der Waals surface area (Å²) in [7, 11) is 1.38. The highest BCUT2D eigenvalue weighted by molar-refractivity contribution is 7.18. The quantitative estimate of drug-likeness (QED) is 0.838. The molecule has 4 nitrogen and oxygen atoms in total. The van der Waals surface area contributed by atoms with E-state index in [2.05, 4.69) is 18.7 Å². The normalized spacial score (nSPS) is 18.7. The molecule has 1 aromatic heterocycles. The zero-order valence-corrected chi connectivity index (χ0v) is 12.0. The van der Waals surface area contributed by atoms with Crippen molar-refractivity contribution >= 4 is 28.0 Å². The summed E-state index contributed by atoms with van der Waals surface area (Å²) in [6.45, 7) is 6.59. The Hall–Kier alpha value is -1.23. The number of hydrogen-bond donors (Lipinski definition) is 1. The summed E-state index contributed by atoms with van der Waals surface area (Å²) in [4.78, 5) is 14.4. The minimum atomic E-state index is -0.347. The van der Waals surface area contributed by atoms with Crippen LogP contribution in [0.3, 0.4) is 0 Å². The Morgan fingerprint density at radius 3 is 2.89 bits per heavy atom. The van der Waals surface area contributed by atoms with Gasteiger partial charge in [0.1, 0.15) is 4.88 Å². The van der Waals surface area contributed by atoms with E-state index in [1.54, 1.807) is 0 Å². The summed E-state index contributed by atoms with van der Waals surface area (Å²) < 4.78 is 4.73. The first-order valence-corrected chi connectivity index (χ1v) is 6.97. The molecule has 0 radical (unpaired) electrons. The Bertz CT molecular complexity index is 454. The highest BCUT2D eigenvalue weighted by Gasteiger charge is 2.28. The molecular formula is C13H20N2O2S. The van der Waals surface area contributed by atoms with Gasteiger partial charge in [-0.15, -0.1) is 11.3 Å². The van der Waals surface area contributed by atoms with Crippen molar-refractivity contribution in [1.82, 2.24) is 0 Å². The van der Waals surface area contributed by atoms with Crippen LogP contribution in [-0.4, -0.2) is 26.2 Å². The molecule has 0 amide bonds. The topological polar surface area (TPSA) is 55.6 Å². The third-order valence-corrected chi connectivity index (χ3v) is 4.52. The van der Waals surface area contributed by atoms with Gasteiger partial charge in [-0.2, -0.15) is 0 Å². The van der Waals surface area contributed by atoms with Crippen molar-refractivity contribution in [1.29, 1.82) is 0 Å². The lowest BCUT2D eigenvalue weighted by Gasteiger charge is -2.38. The highest BCUT2D eigenvalue weighted by Crippen LogP contribution is 2.37. The maximum atomic E-state index is 11.5. The smallest absolute Gasteiger partial charge is 0.350 e. The zero-order valence-electron chi connectivity index (χ0n) is 11.2. The van der Waals surface area contributed by atoms with Gasteiger partial charge in [-0.05, 0) is 24.3 Å². The molecule has 1 fully saturated rings. The second kappa shape index (κ2) is 4.80. The molecule has 2 heterocycles. The maximum Gasteiger partial charge on any atom is 0.350 e. The third-order valence-electron chi connectivity index (χ3n) is 3.33. The van der Waals surface area contributed by atoms with Gasteiger partial charge in [-0.3, -0.25) is 0 Å². The second-order valence-electron chi connectivity index (χ2n) is 5.55. The number of carbonyl (C=O) groups is 1. The van der Waals surface area contributed by atoms with Gasteiger partial charge in [0.25, 0.3) is 0 Å². The summed E-state index contributed by atoms with van der Waals surface area (Å²) >= 11 is 1.43. The standard InChI is InChI=1S/C13H20N2O2S/c1-13(2)5-4-6-15(8-13)10-7-9(14)11(18-10)12(16)17-3/h7H,4-6,8,14H2,1-3H3. The number of ether oxygens (including phenoxy) is 1. The first-order valence-electron chi connectivity index (χ1n) is 6.15. The number of nitrogen functional groups attached to an aromatic ring is 1. The minimum Gasteiger partial charge on any atom is -0.465 e. The minimum absolute atomic E-state index is 0.322. The molecule has 0 bridgehead atoms. The summed E-state index contributed by atoms with van der Waals surface area (Å²) in [6.07, 6.45) is 2.42. The van der Waals surface area contributed by atoms with Crippen molar-refractivity contribution < 1.29 is 9.53 Å². The lowest BCUT2D eigenvalue weighted by molar-refractivity contribution is 0.0607.